The van der Waals surface area contributed by atoms with Crippen LogP contribution in [0.1, 0.15) is 33.3 Å². The second-order valence-corrected chi connectivity index (χ2v) is 8.14. The maximum Gasteiger partial charge on any atom is 0.211 e. The van der Waals surface area contributed by atoms with Crippen LogP contribution in [-0.2, 0) is 10.2 Å². The summed E-state index contributed by atoms with van der Waals surface area (Å²) >= 11 is 0. The molecule has 0 saturated heterocycles. The van der Waals surface area contributed by atoms with Crippen molar-refractivity contribution in [3.05, 3.63) is 77.6 Å². The zero-order chi connectivity index (χ0) is 17.2. The number of fused-ring (bicyclic) bond motifs is 1. The quantitative estimate of drug-likeness (QED) is 0.659. The molecule has 0 radical (unpaired) electrons. The third kappa shape index (κ3) is 1.89. The molecule has 0 bridgehead atoms. The minimum atomic E-state index is -0.498. The molecule has 124 valence electrons. The van der Waals surface area contributed by atoms with Crippen molar-refractivity contribution in [2.75, 3.05) is 11.9 Å². The molecule has 0 saturated carbocycles. The van der Waals surface area contributed by atoms with Crippen molar-refractivity contribution in [2.45, 2.75) is 38.8 Å². The Balaban J connectivity index is 1.82. The molecule has 0 N–H and O–H groups in total. The summed E-state index contributed by atoms with van der Waals surface area (Å²) in [5.74, 6) is 0.951. The molecular formula is C22H25NO. The van der Waals surface area contributed by atoms with Gasteiger partial charge >= 0.3 is 0 Å². The van der Waals surface area contributed by atoms with E-state index in [1.807, 2.05) is 0 Å². The lowest BCUT2D eigenvalue weighted by Gasteiger charge is -2.46. The molecule has 24 heavy (non-hydrogen) atoms. The fourth-order valence-electron chi connectivity index (χ4n) is 4.07. The van der Waals surface area contributed by atoms with E-state index in [4.69, 9.17) is 4.74 Å². The summed E-state index contributed by atoms with van der Waals surface area (Å²) < 4.78 is 6.70. The Morgan fingerprint density at radius 3 is 2.29 bits per heavy atom. The molecule has 1 atom stereocenters. The van der Waals surface area contributed by atoms with Gasteiger partial charge in [0.1, 0.15) is 5.76 Å². The highest BCUT2D eigenvalue weighted by molar-refractivity contribution is 5.68. The average Bonchev–Trinajstić information content (AvgIpc) is 2.67. The molecule has 1 spiro atoms. The van der Waals surface area contributed by atoms with Crippen molar-refractivity contribution in [1.29, 1.82) is 0 Å². The standard InChI is InChI=1S/C22H25NO/c1-20(2)13-10-16-11-15-22(24-19(16)12-14-20)21(3,4)17-8-6-7-9-18(17)23(22)5/h6-15H,1-5H3. The van der Waals surface area contributed by atoms with Gasteiger partial charge in [-0.15, -0.1) is 0 Å². The first-order valence-electron chi connectivity index (χ1n) is 8.61. The Morgan fingerprint density at radius 2 is 1.54 bits per heavy atom. The molecule has 4 rings (SSSR count). The molecule has 0 fully saturated rings. The van der Waals surface area contributed by atoms with Gasteiger partial charge in [-0.2, -0.15) is 0 Å². The maximum absolute atomic E-state index is 6.70. The summed E-state index contributed by atoms with van der Waals surface area (Å²) in [6, 6.07) is 8.60. The summed E-state index contributed by atoms with van der Waals surface area (Å²) in [4.78, 5) is 2.27. The Hall–Kier alpha value is -2.22. The molecular weight excluding hydrogens is 294 g/mol. The molecule has 2 heteroatoms. The summed E-state index contributed by atoms with van der Waals surface area (Å²) in [5.41, 5.74) is 3.11. The van der Waals surface area contributed by atoms with Gasteiger partial charge in [-0.25, -0.2) is 0 Å². The van der Waals surface area contributed by atoms with Crippen LogP contribution >= 0.6 is 0 Å². The van der Waals surface area contributed by atoms with Crippen molar-refractivity contribution in [2.24, 2.45) is 5.41 Å². The van der Waals surface area contributed by atoms with E-state index in [1.54, 1.807) is 0 Å². The first-order chi connectivity index (χ1) is 11.3. The predicted molar refractivity (Wildman–Crippen MR) is 99.9 cm³/mol. The number of nitrogens with zero attached hydrogens (tertiary/aromatic N) is 1. The first kappa shape index (κ1) is 15.3. The van der Waals surface area contributed by atoms with Crippen molar-refractivity contribution in [3.8, 4) is 0 Å². The normalized spacial score (nSPS) is 28.6. The molecule has 0 aromatic heterocycles. The van der Waals surface area contributed by atoms with E-state index in [2.05, 4.69) is 100 Å². The third-order valence-electron chi connectivity index (χ3n) is 5.73. The van der Waals surface area contributed by atoms with Crippen molar-refractivity contribution in [3.63, 3.8) is 0 Å². The zero-order valence-corrected chi connectivity index (χ0v) is 15.1. The van der Waals surface area contributed by atoms with Gasteiger partial charge in [0.2, 0.25) is 5.72 Å². The number of ether oxygens (including phenoxy) is 1. The smallest absolute Gasteiger partial charge is 0.211 e. The summed E-state index contributed by atoms with van der Waals surface area (Å²) in [7, 11) is 2.13. The van der Waals surface area contributed by atoms with E-state index in [1.165, 1.54) is 11.3 Å². The third-order valence-corrected chi connectivity index (χ3v) is 5.73. The van der Waals surface area contributed by atoms with E-state index in [0.29, 0.717) is 0 Å². The van der Waals surface area contributed by atoms with Crippen LogP contribution < -0.4 is 4.90 Å². The first-order valence-corrected chi connectivity index (χ1v) is 8.61. The number of allylic oxidation sites excluding steroid dienone is 6. The van der Waals surface area contributed by atoms with E-state index in [9.17, 15) is 0 Å². The predicted octanol–water partition coefficient (Wildman–Crippen LogP) is 5.10. The average molecular weight is 319 g/mol. The number of hydrogen-bond acceptors (Lipinski definition) is 2. The number of benzene rings is 1. The zero-order valence-electron chi connectivity index (χ0n) is 15.1. The topological polar surface area (TPSA) is 12.5 Å². The molecule has 1 unspecified atom stereocenters. The molecule has 1 aromatic carbocycles. The molecule has 1 aliphatic carbocycles. The van der Waals surface area contributed by atoms with Crippen molar-refractivity contribution in [1.82, 2.24) is 0 Å². The van der Waals surface area contributed by atoms with Crippen LogP contribution in [0, 0.1) is 5.41 Å². The largest absolute Gasteiger partial charge is 0.463 e. The molecule has 3 aliphatic rings. The molecule has 2 heterocycles. The molecule has 2 aliphatic heterocycles. The van der Waals surface area contributed by atoms with E-state index >= 15 is 0 Å². The van der Waals surface area contributed by atoms with Gasteiger partial charge in [0.25, 0.3) is 0 Å². The number of rotatable bonds is 0. The van der Waals surface area contributed by atoms with Gasteiger partial charge in [-0.1, -0.05) is 50.3 Å². The Labute approximate surface area is 144 Å². The van der Waals surface area contributed by atoms with Crippen LogP contribution in [0.5, 0.6) is 0 Å². The number of hydrogen-bond donors (Lipinski definition) is 0. The number of anilines is 1. The van der Waals surface area contributed by atoms with Gasteiger partial charge in [-0.3, -0.25) is 0 Å². The van der Waals surface area contributed by atoms with Crippen LogP contribution in [0.4, 0.5) is 5.69 Å². The number of likely N-dealkylation sites (N-methyl/N-ethyl adjacent to an activating group) is 1. The lowest BCUT2D eigenvalue weighted by Crippen LogP contribution is -2.55. The van der Waals surface area contributed by atoms with Gasteiger partial charge in [-0.05, 0) is 43.7 Å². The van der Waals surface area contributed by atoms with Crippen molar-refractivity contribution >= 4 is 5.69 Å². The molecule has 2 nitrogen and oxygen atoms in total. The highest BCUT2D eigenvalue weighted by atomic mass is 16.5. The Kier molecular flexibility index (Phi) is 2.97. The molecule has 0 amide bonds. The summed E-state index contributed by atoms with van der Waals surface area (Å²) in [5, 5.41) is 0. The van der Waals surface area contributed by atoms with E-state index in [0.717, 1.165) is 11.3 Å². The minimum Gasteiger partial charge on any atom is -0.463 e. The summed E-state index contributed by atoms with van der Waals surface area (Å²) in [6.45, 7) is 8.95. The van der Waals surface area contributed by atoms with Crippen LogP contribution in [0.25, 0.3) is 0 Å². The van der Waals surface area contributed by atoms with Crippen LogP contribution in [0.15, 0.2) is 72.1 Å². The van der Waals surface area contributed by atoms with Crippen molar-refractivity contribution < 1.29 is 4.74 Å². The van der Waals surface area contributed by atoms with Crippen LogP contribution in [-0.4, -0.2) is 12.8 Å². The monoisotopic (exact) mass is 319 g/mol. The van der Waals surface area contributed by atoms with E-state index in [-0.39, 0.29) is 10.8 Å². The fourth-order valence-corrected chi connectivity index (χ4v) is 4.07. The fraction of sp³-hybridized carbons (Fsp3) is 0.364. The lowest BCUT2D eigenvalue weighted by atomic mass is 9.76. The van der Waals surface area contributed by atoms with Gasteiger partial charge in [0.05, 0.1) is 5.41 Å². The molecule has 1 aromatic rings. The van der Waals surface area contributed by atoms with Gasteiger partial charge < -0.3 is 9.64 Å². The Bertz CT molecular complexity index is 822. The highest BCUT2D eigenvalue weighted by Crippen LogP contribution is 2.54. The summed E-state index contributed by atoms with van der Waals surface area (Å²) in [6.07, 6.45) is 13.2. The second kappa shape index (κ2) is 4.66. The maximum atomic E-state index is 6.70. The SMILES string of the molecule is CN1c2ccccc2C(C)(C)C12C=CC1=C(C=CC(C)(C)C=C1)O2. The van der Waals surface area contributed by atoms with Gasteiger partial charge in [0.15, 0.2) is 0 Å². The lowest BCUT2D eigenvalue weighted by molar-refractivity contribution is -0.000185. The second-order valence-electron chi connectivity index (χ2n) is 8.14. The minimum absolute atomic E-state index is 0.0434. The number of para-hydroxylation sites is 1. The van der Waals surface area contributed by atoms with Crippen LogP contribution in [0.3, 0.4) is 0 Å². The Morgan fingerprint density at radius 1 is 0.875 bits per heavy atom. The highest BCUT2D eigenvalue weighted by Gasteiger charge is 2.57. The van der Waals surface area contributed by atoms with Crippen LogP contribution in [0.2, 0.25) is 0 Å². The van der Waals surface area contributed by atoms with Gasteiger partial charge in [0, 0.05) is 23.7 Å². The van der Waals surface area contributed by atoms with E-state index < -0.39 is 5.72 Å².